The molecule has 29 heavy (non-hydrogen) atoms. The number of methoxy groups -OCH3 is 1. The van der Waals surface area contributed by atoms with Gasteiger partial charge in [0.05, 0.1) is 12.9 Å². The minimum absolute atomic E-state index is 0.0592. The van der Waals surface area contributed by atoms with Crippen molar-refractivity contribution >= 4 is 17.7 Å². The van der Waals surface area contributed by atoms with Gasteiger partial charge in [-0.05, 0) is 30.7 Å². The summed E-state index contributed by atoms with van der Waals surface area (Å²) < 4.78 is 7.12. The second-order valence-electron chi connectivity index (χ2n) is 6.49. The van der Waals surface area contributed by atoms with E-state index in [2.05, 4.69) is 28.2 Å². The second-order valence-corrected chi connectivity index (χ2v) is 7.43. The van der Waals surface area contributed by atoms with Crippen molar-refractivity contribution < 1.29 is 9.53 Å². The van der Waals surface area contributed by atoms with Gasteiger partial charge in [0.25, 0.3) is 0 Å². The van der Waals surface area contributed by atoms with E-state index in [4.69, 9.17) is 4.74 Å². The third kappa shape index (κ3) is 5.48. The van der Waals surface area contributed by atoms with Crippen LogP contribution in [0.15, 0.2) is 66.3 Å². The molecule has 0 aliphatic carbocycles. The Labute approximate surface area is 175 Å². The van der Waals surface area contributed by atoms with Crippen molar-refractivity contribution in [3.63, 3.8) is 0 Å². The number of amides is 1. The van der Waals surface area contributed by atoms with Crippen LogP contribution in [-0.4, -0.2) is 33.5 Å². The van der Waals surface area contributed by atoms with E-state index in [9.17, 15) is 4.79 Å². The van der Waals surface area contributed by atoms with Crippen LogP contribution in [-0.2, 0) is 17.9 Å². The Kier molecular flexibility index (Phi) is 7.08. The molecule has 0 aliphatic rings. The molecule has 0 bridgehead atoms. The zero-order valence-corrected chi connectivity index (χ0v) is 17.4. The fourth-order valence-corrected chi connectivity index (χ4v) is 3.59. The first kappa shape index (κ1) is 20.7. The van der Waals surface area contributed by atoms with Crippen molar-refractivity contribution in [2.45, 2.75) is 25.2 Å². The smallest absolute Gasteiger partial charge is 0.230 e. The minimum atomic E-state index is -0.0592. The highest BCUT2D eigenvalue weighted by atomic mass is 32.2. The van der Waals surface area contributed by atoms with Gasteiger partial charge in [0, 0.05) is 18.7 Å². The van der Waals surface area contributed by atoms with Gasteiger partial charge in [-0.3, -0.25) is 9.36 Å². The Bertz CT molecular complexity index is 983. The third-order valence-electron chi connectivity index (χ3n) is 4.29. The topological polar surface area (TPSA) is 69.0 Å². The van der Waals surface area contributed by atoms with Gasteiger partial charge < -0.3 is 10.1 Å². The van der Waals surface area contributed by atoms with Gasteiger partial charge in [0.1, 0.15) is 5.75 Å². The summed E-state index contributed by atoms with van der Waals surface area (Å²) in [5, 5.41) is 12.2. The summed E-state index contributed by atoms with van der Waals surface area (Å²) in [6, 6.07) is 15.7. The molecule has 3 rings (SSSR count). The molecule has 7 heteroatoms. The molecule has 0 fully saturated rings. The van der Waals surface area contributed by atoms with E-state index in [1.807, 2.05) is 54.0 Å². The lowest BCUT2D eigenvalue weighted by molar-refractivity contribution is -0.118. The Morgan fingerprint density at radius 1 is 1.24 bits per heavy atom. The molecule has 6 nitrogen and oxygen atoms in total. The summed E-state index contributed by atoms with van der Waals surface area (Å²) in [4.78, 5) is 12.3. The molecule has 0 atom stereocenters. The predicted octanol–water partition coefficient (Wildman–Crippen LogP) is 3.86. The maximum absolute atomic E-state index is 12.3. The number of rotatable bonds is 9. The number of aryl methyl sites for hydroxylation is 1. The Balaban J connectivity index is 1.62. The van der Waals surface area contributed by atoms with Crippen LogP contribution in [0.25, 0.3) is 11.4 Å². The Morgan fingerprint density at radius 3 is 2.72 bits per heavy atom. The maximum atomic E-state index is 12.3. The number of carbonyl (C=O) groups excluding carboxylic acids is 1. The quantitative estimate of drug-likeness (QED) is 0.430. The van der Waals surface area contributed by atoms with Gasteiger partial charge >= 0.3 is 0 Å². The molecule has 1 heterocycles. The van der Waals surface area contributed by atoms with E-state index in [1.54, 1.807) is 13.2 Å². The lowest BCUT2D eigenvalue weighted by Gasteiger charge is -2.09. The number of nitrogens with one attached hydrogen (secondary N) is 1. The molecule has 0 unspecified atom stereocenters. The number of ether oxygens (including phenoxy) is 1. The number of thioether (sulfide) groups is 1. The van der Waals surface area contributed by atoms with Crippen LogP contribution in [0, 0.1) is 6.92 Å². The summed E-state index contributed by atoms with van der Waals surface area (Å²) in [6.45, 7) is 6.91. The Hall–Kier alpha value is -3.06. The van der Waals surface area contributed by atoms with Crippen molar-refractivity contribution in [2.24, 2.45) is 0 Å². The largest absolute Gasteiger partial charge is 0.497 e. The number of benzene rings is 2. The van der Waals surface area contributed by atoms with Gasteiger partial charge in [0.15, 0.2) is 11.0 Å². The number of aromatic nitrogens is 3. The van der Waals surface area contributed by atoms with Crippen molar-refractivity contribution in [3.05, 3.63) is 72.3 Å². The van der Waals surface area contributed by atoms with E-state index < -0.39 is 0 Å². The first-order valence-corrected chi connectivity index (χ1v) is 10.2. The van der Waals surface area contributed by atoms with Gasteiger partial charge in [-0.25, -0.2) is 0 Å². The van der Waals surface area contributed by atoms with Crippen LogP contribution in [0.3, 0.4) is 0 Å². The monoisotopic (exact) mass is 408 g/mol. The highest BCUT2D eigenvalue weighted by Crippen LogP contribution is 2.24. The number of hydrogen-bond acceptors (Lipinski definition) is 5. The third-order valence-corrected chi connectivity index (χ3v) is 5.25. The number of allylic oxidation sites excluding steroid dienone is 1. The summed E-state index contributed by atoms with van der Waals surface area (Å²) in [5.41, 5.74) is 3.17. The molecular weight excluding hydrogens is 384 g/mol. The molecule has 3 aromatic rings. The van der Waals surface area contributed by atoms with Gasteiger partial charge in [-0.15, -0.1) is 16.8 Å². The van der Waals surface area contributed by atoms with E-state index in [-0.39, 0.29) is 11.7 Å². The van der Waals surface area contributed by atoms with Crippen LogP contribution in [0.1, 0.15) is 11.1 Å². The number of carbonyl (C=O) groups is 1. The zero-order chi connectivity index (χ0) is 20.6. The standard InChI is InChI=1S/C22H24N4O2S/c1-4-12-26-21(18-7-5-6-16(2)13-18)24-25-22(26)29-15-20(27)23-14-17-8-10-19(28-3)11-9-17/h4-11,13H,1,12,14-15H2,2-3H3,(H,23,27). The van der Waals surface area contributed by atoms with Crippen molar-refractivity contribution in [1.82, 2.24) is 20.1 Å². The molecule has 1 N–H and O–H groups in total. The molecule has 1 aromatic heterocycles. The van der Waals surface area contributed by atoms with Gasteiger partial charge in [0.2, 0.25) is 5.91 Å². The van der Waals surface area contributed by atoms with Gasteiger partial charge in [-0.2, -0.15) is 0 Å². The SMILES string of the molecule is C=CCn1c(SCC(=O)NCc2ccc(OC)cc2)nnc1-c1cccc(C)c1. The minimum Gasteiger partial charge on any atom is -0.497 e. The average Bonchev–Trinajstić information content (AvgIpc) is 3.14. The van der Waals surface area contributed by atoms with Gasteiger partial charge in [-0.1, -0.05) is 53.7 Å². The lowest BCUT2D eigenvalue weighted by atomic mass is 10.1. The van der Waals surface area contributed by atoms with Crippen molar-refractivity contribution in [1.29, 1.82) is 0 Å². The average molecular weight is 409 g/mol. The van der Waals surface area contributed by atoms with Crippen LogP contribution in [0.4, 0.5) is 0 Å². The normalized spacial score (nSPS) is 10.6. The number of hydrogen-bond donors (Lipinski definition) is 1. The summed E-state index contributed by atoms with van der Waals surface area (Å²) in [7, 11) is 1.63. The highest BCUT2D eigenvalue weighted by Gasteiger charge is 2.15. The predicted molar refractivity (Wildman–Crippen MR) is 116 cm³/mol. The zero-order valence-electron chi connectivity index (χ0n) is 16.6. The lowest BCUT2D eigenvalue weighted by Crippen LogP contribution is -2.24. The molecule has 0 saturated carbocycles. The van der Waals surface area contributed by atoms with Crippen LogP contribution in [0.2, 0.25) is 0 Å². The number of nitrogens with zero attached hydrogens (tertiary/aromatic N) is 3. The van der Waals surface area contributed by atoms with Crippen LogP contribution >= 0.6 is 11.8 Å². The van der Waals surface area contributed by atoms with E-state index in [0.717, 1.165) is 28.3 Å². The fourth-order valence-electron chi connectivity index (χ4n) is 2.81. The first-order chi connectivity index (χ1) is 14.1. The summed E-state index contributed by atoms with van der Waals surface area (Å²) in [6.07, 6.45) is 1.80. The summed E-state index contributed by atoms with van der Waals surface area (Å²) in [5.74, 6) is 1.77. The van der Waals surface area contributed by atoms with E-state index >= 15 is 0 Å². The maximum Gasteiger partial charge on any atom is 0.230 e. The van der Waals surface area contributed by atoms with E-state index in [1.165, 1.54) is 11.8 Å². The van der Waals surface area contributed by atoms with Crippen LogP contribution in [0.5, 0.6) is 5.75 Å². The summed E-state index contributed by atoms with van der Waals surface area (Å²) >= 11 is 1.37. The molecule has 0 saturated heterocycles. The fraction of sp³-hybridized carbons (Fsp3) is 0.227. The Morgan fingerprint density at radius 2 is 2.03 bits per heavy atom. The van der Waals surface area contributed by atoms with Crippen LogP contribution < -0.4 is 10.1 Å². The molecule has 1 amide bonds. The molecule has 0 aliphatic heterocycles. The second kappa shape index (κ2) is 9.93. The van der Waals surface area contributed by atoms with Crippen molar-refractivity contribution in [3.8, 4) is 17.1 Å². The molecule has 0 radical (unpaired) electrons. The molecular formula is C22H24N4O2S. The first-order valence-electron chi connectivity index (χ1n) is 9.24. The van der Waals surface area contributed by atoms with E-state index in [0.29, 0.717) is 18.2 Å². The highest BCUT2D eigenvalue weighted by molar-refractivity contribution is 7.99. The molecule has 150 valence electrons. The molecule has 0 spiro atoms. The molecule has 2 aromatic carbocycles. The van der Waals surface area contributed by atoms with Crippen molar-refractivity contribution in [2.75, 3.05) is 12.9 Å².